The Morgan fingerprint density at radius 1 is 1.10 bits per heavy atom. The maximum absolute atomic E-state index is 13.8. The Morgan fingerprint density at radius 2 is 1.79 bits per heavy atom. The molecule has 2 amide bonds. The number of hydrogen-bond acceptors (Lipinski definition) is 8. The molecule has 3 saturated heterocycles. The van der Waals surface area contributed by atoms with Crippen molar-refractivity contribution in [3.8, 4) is 0 Å². The highest BCUT2D eigenvalue weighted by Gasteiger charge is 2.69. The first-order valence-corrected chi connectivity index (χ1v) is 16.4. The fourth-order valence-electron chi connectivity index (χ4n) is 6.71. The number of hydrogen-bond donors (Lipinski definition) is 4. The molecule has 42 heavy (non-hydrogen) atoms. The third kappa shape index (κ3) is 7.49. The van der Waals surface area contributed by atoms with Gasteiger partial charge in [0.1, 0.15) is 6.04 Å². The van der Waals surface area contributed by atoms with Crippen LogP contribution in [0.4, 0.5) is 0 Å². The lowest BCUT2D eigenvalue weighted by Crippen LogP contribution is -2.68. The van der Waals surface area contributed by atoms with Crippen LogP contribution < -0.4 is 21.8 Å². The van der Waals surface area contributed by atoms with E-state index in [1.54, 1.807) is 24.3 Å². The smallest absolute Gasteiger partial charge is 0.404 e. The normalized spacial score (nSPS) is 27.8. The lowest BCUT2D eigenvalue weighted by atomic mass is 9.66. The van der Waals surface area contributed by atoms with E-state index in [1.807, 2.05) is 17.8 Å². The third-order valence-electron chi connectivity index (χ3n) is 9.08. The number of unbranched alkanes of at least 4 members (excludes halogenated alkanes) is 3. The summed E-state index contributed by atoms with van der Waals surface area (Å²) >= 11 is 2.00. The second kappa shape index (κ2) is 14.1. The predicted molar refractivity (Wildman–Crippen MR) is 167 cm³/mol. The van der Waals surface area contributed by atoms with Gasteiger partial charge in [-0.25, -0.2) is 0 Å². The van der Waals surface area contributed by atoms with Crippen molar-refractivity contribution in [2.75, 3.05) is 0 Å². The predicted octanol–water partition coefficient (Wildman–Crippen LogP) is 4.33. The zero-order valence-corrected chi connectivity index (χ0v) is 26.5. The topological polar surface area (TPSA) is 144 Å². The number of carbonyl (C=O) groups excluding carboxylic acids is 2. The molecule has 5 N–H and O–H groups in total. The highest BCUT2D eigenvalue weighted by atomic mass is 32.2. The number of rotatable bonds is 16. The SMILES string of the molecule is CC(C)C[C@H](NC(=O)[C@H](CCCCCCC(N)NN=O)NC(=O)c1ccccc1)B1O[C@@H]2C[C@@H]3S[C@@H](C3(C)C)[C@]2(C)O1. The molecule has 1 saturated carbocycles. The minimum atomic E-state index is -0.697. The zero-order chi connectivity index (χ0) is 30.5. The van der Waals surface area contributed by atoms with E-state index in [-0.39, 0.29) is 29.3 Å². The van der Waals surface area contributed by atoms with E-state index in [0.717, 1.165) is 32.1 Å². The van der Waals surface area contributed by atoms with E-state index >= 15 is 0 Å². The third-order valence-corrected chi connectivity index (χ3v) is 11.6. The number of thioether (sulfide) groups is 1. The van der Waals surface area contributed by atoms with Crippen LogP contribution in [-0.4, -0.2) is 59.3 Å². The van der Waals surface area contributed by atoms with Gasteiger partial charge in [-0.05, 0) is 56.1 Å². The standard InChI is InChI=1S/C30H48BN5O5S/c1-19(2)17-24(31-40-22-18-23-29(3,4)28(42-23)30(22,5)41-31)34-27(38)21(33-26(37)20-13-9-8-10-14-20)15-11-6-7-12-16-25(32)35-36-39/h8-10,13-14,19,21-25,28H,6-7,11-12,15-18,32H2,1-5H3,(H,33,37)(H,34,38)(H,35,39)/t21-,22+,23-,24-,25?,28-,30+/m0/s1. The highest BCUT2D eigenvalue weighted by molar-refractivity contribution is 8.02. The molecule has 3 heterocycles. The second-order valence-corrected chi connectivity index (χ2v) is 14.6. The molecule has 2 bridgehead atoms. The molecule has 1 unspecified atom stereocenters. The molecule has 3 aliphatic heterocycles. The molecule has 12 heteroatoms. The summed E-state index contributed by atoms with van der Waals surface area (Å²) in [6, 6.07) is 8.25. The monoisotopic (exact) mass is 601 g/mol. The maximum atomic E-state index is 13.8. The summed E-state index contributed by atoms with van der Waals surface area (Å²) in [5, 5.41) is 9.75. The van der Waals surface area contributed by atoms with Crippen molar-refractivity contribution in [1.82, 2.24) is 16.1 Å². The molecule has 4 aliphatic rings. The molecule has 5 rings (SSSR count). The Labute approximate surface area is 254 Å². The Bertz CT molecular complexity index is 1080. The summed E-state index contributed by atoms with van der Waals surface area (Å²) in [4.78, 5) is 37.2. The summed E-state index contributed by atoms with van der Waals surface area (Å²) in [6.45, 7) is 11.1. The van der Waals surface area contributed by atoms with Crippen molar-refractivity contribution in [3.05, 3.63) is 40.8 Å². The van der Waals surface area contributed by atoms with E-state index in [9.17, 15) is 14.5 Å². The minimum absolute atomic E-state index is 0.0116. The lowest BCUT2D eigenvalue weighted by molar-refractivity contribution is -0.123. The van der Waals surface area contributed by atoms with E-state index < -0.39 is 24.9 Å². The van der Waals surface area contributed by atoms with Crippen molar-refractivity contribution in [2.24, 2.45) is 22.4 Å². The van der Waals surface area contributed by atoms with Crippen molar-refractivity contribution in [2.45, 2.75) is 126 Å². The first-order valence-electron chi connectivity index (χ1n) is 15.4. The van der Waals surface area contributed by atoms with Crippen LogP contribution in [0, 0.1) is 16.2 Å². The van der Waals surface area contributed by atoms with Crippen molar-refractivity contribution >= 4 is 30.7 Å². The van der Waals surface area contributed by atoms with Crippen LogP contribution in [0.3, 0.4) is 0 Å². The van der Waals surface area contributed by atoms with Gasteiger partial charge in [0.15, 0.2) is 0 Å². The maximum Gasteiger partial charge on any atom is 0.481 e. The molecule has 232 valence electrons. The van der Waals surface area contributed by atoms with Crippen LogP contribution in [0.25, 0.3) is 0 Å². The van der Waals surface area contributed by atoms with Crippen LogP contribution in [0.2, 0.25) is 0 Å². The molecule has 1 aromatic rings. The van der Waals surface area contributed by atoms with Gasteiger partial charge in [0.05, 0.1) is 29.1 Å². The molecule has 0 radical (unpaired) electrons. The number of nitrogens with zero attached hydrogens (tertiary/aromatic N) is 1. The molecule has 0 aromatic heterocycles. The molecule has 4 fully saturated rings. The quantitative estimate of drug-likeness (QED) is 0.0721. The molecule has 0 spiro atoms. The second-order valence-electron chi connectivity index (χ2n) is 13.3. The summed E-state index contributed by atoms with van der Waals surface area (Å²) in [6.07, 6.45) is 5.69. The largest absolute Gasteiger partial charge is 0.481 e. The fourth-order valence-corrected chi connectivity index (χ4v) is 8.58. The van der Waals surface area contributed by atoms with Crippen LogP contribution in [0.15, 0.2) is 35.6 Å². The van der Waals surface area contributed by atoms with E-state index in [2.05, 4.69) is 56.0 Å². The summed E-state index contributed by atoms with van der Waals surface area (Å²) < 4.78 is 13.2. The molecular weight excluding hydrogens is 553 g/mol. The van der Waals surface area contributed by atoms with E-state index in [0.29, 0.717) is 41.2 Å². The summed E-state index contributed by atoms with van der Waals surface area (Å²) in [5.74, 6) is -0.522. The fraction of sp³-hybridized carbons (Fsp3) is 0.733. The molecule has 10 nitrogen and oxygen atoms in total. The molecular formula is C30H48BN5O5S. The van der Waals surface area contributed by atoms with Crippen molar-refractivity contribution in [3.63, 3.8) is 0 Å². The number of nitroso groups, excluding NO2 is 1. The van der Waals surface area contributed by atoms with Gasteiger partial charge in [0.2, 0.25) is 5.91 Å². The van der Waals surface area contributed by atoms with Crippen molar-refractivity contribution < 1.29 is 18.9 Å². The van der Waals surface area contributed by atoms with Crippen LogP contribution in [0.1, 0.15) is 96.3 Å². The number of carbonyl (C=O) groups is 2. The summed E-state index contributed by atoms with van der Waals surface area (Å²) in [5.41, 5.74) is 8.40. The first kappa shape index (κ1) is 32.8. The lowest BCUT2D eigenvalue weighted by Gasteiger charge is -2.63. The van der Waals surface area contributed by atoms with Crippen LogP contribution in [-0.2, 0) is 14.1 Å². The molecule has 7 atom stereocenters. The minimum Gasteiger partial charge on any atom is -0.404 e. The van der Waals surface area contributed by atoms with Gasteiger partial charge in [-0.1, -0.05) is 71.6 Å². The highest BCUT2D eigenvalue weighted by Crippen LogP contribution is 2.65. The van der Waals surface area contributed by atoms with Gasteiger partial charge in [0.25, 0.3) is 5.91 Å². The Kier molecular flexibility index (Phi) is 11.0. The average molecular weight is 602 g/mol. The van der Waals surface area contributed by atoms with Crippen LogP contribution >= 0.6 is 11.8 Å². The van der Waals surface area contributed by atoms with Crippen molar-refractivity contribution in [1.29, 1.82) is 0 Å². The van der Waals surface area contributed by atoms with Gasteiger partial charge in [-0.2, -0.15) is 11.8 Å². The van der Waals surface area contributed by atoms with Gasteiger partial charge in [-0.3, -0.25) is 15.0 Å². The Hall–Kier alpha value is -2.15. The number of nitrogens with one attached hydrogen (secondary N) is 3. The van der Waals surface area contributed by atoms with E-state index in [4.69, 9.17) is 15.0 Å². The number of amides is 2. The van der Waals surface area contributed by atoms with Gasteiger partial charge < -0.3 is 25.7 Å². The Balaban J connectivity index is 1.40. The molecule has 1 aromatic carbocycles. The van der Waals surface area contributed by atoms with Crippen LogP contribution in [0.5, 0.6) is 0 Å². The van der Waals surface area contributed by atoms with Gasteiger partial charge in [-0.15, -0.1) is 4.91 Å². The van der Waals surface area contributed by atoms with Gasteiger partial charge in [0, 0.05) is 16.1 Å². The molecule has 1 aliphatic carbocycles. The first-order chi connectivity index (χ1) is 20.0. The summed E-state index contributed by atoms with van der Waals surface area (Å²) in [7, 11) is -0.536. The average Bonchev–Trinajstić information content (AvgIpc) is 3.31. The zero-order valence-electron chi connectivity index (χ0n) is 25.6. The van der Waals surface area contributed by atoms with Gasteiger partial charge >= 0.3 is 7.12 Å². The number of nitrogens with two attached hydrogens (primary N) is 1. The Morgan fingerprint density at radius 3 is 2.43 bits per heavy atom. The number of benzene rings is 1. The van der Waals surface area contributed by atoms with E-state index in [1.165, 1.54) is 0 Å².